The lowest BCUT2D eigenvalue weighted by Crippen LogP contribution is -2.14. The number of aromatic nitrogens is 1. The Balaban J connectivity index is 1.99. The molecule has 1 aromatic rings. The van der Waals surface area contributed by atoms with Crippen molar-refractivity contribution in [2.24, 2.45) is 5.41 Å². The molecule has 3 rings (SSSR count). The lowest BCUT2D eigenvalue weighted by Gasteiger charge is -2.19. The van der Waals surface area contributed by atoms with Crippen molar-refractivity contribution in [1.29, 1.82) is 0 Å². The van der Waals surface area contributed by atoms with Crippen LogP contribution in [0.2, 0.25) is 0 Å². The maximum absolute atomic E-state index is 9.05. The molecule has 1 fully saturated rings. The summed E-state index contributed by atoms with van der Waals surface area (Å²) in [5.74, 6) is 1.02. The average Bonchev–Trinajstić information content (AvgIpc) is 2.78. The van der Waals surface area contributed by atoms with E-state index in [0.717, 1.165) is 24.3 Å². The molecule has 2 aliphatic carbocycles. The Hall–Kier alpha value is -0.830. The third-order valence-corrected chi connectivity index (χ3v) is 3.49. The Kier molecular flexibility index (Phi) is 1.37. The smallest absolute Gasteiger partial charge is 0.140 e. The van der Waals surface area contributed by atoms with E-state index in [1.165, 1.54) is 24.8 Å². The molecule has 1 saturated carbocycles. The number of aryl methyl sites for hydroxylation is 1. The first-order valence-corrected chi connectivity index (χ1v) is 4.90. The van der Waals surface area contributed by atoms with Crippen molar-refractivity contribution in [3.63, 3.8) is 0 Å². The number of fused-ring (bicyclic) bond motifs is 1. The molecule has 0 aliphatic heterocycles. The predicted octanol–water partition coefficient (Wildman–Crippen LogP) is 1.44. The van der Waals surface area contributed by atoms with Crippen molar-refractivity contribution in [2.45, 2.75) is 38.7 Å². The van der Waals surface area contributed by atoms with Gasteiger partial charge in [-0.15, -0.1) is 0 Å². The molecule has 0 radical (unpaired) electrons. The Morgan fingerprint density at radius 1 is 1.38 bits per heavy atom. The minimum atomic E-state index is 0.0227. The van der Waals surface area contributed by atoms with E-state index < -0.39 is 0 Å². The second-order valence-electron chi connectivity index (χ2n) is 4.37. The van der Waals surface area contributed by atoms with E-state index in [9.17, 15) is 0 Å². The van der Waals surface area contributed by atoms with Crippen molar-refractivity contribution in [2.75, 3.05) is 0 Å². The van der Waals surface area contributed by atoms with Gasteiger partial charge in [0, 0.05) is 12.0 Å². The van der Waals surface area contributed by atoms with Gasteiger partial charge in [-0.25, -0.2) is 0 Å². The highest BCUT2D eigenvalue weighted by molar-refractivity contribution is 5.29. The van der Waals surface area contributed by atoms with Gasteiger partial charge >= 0.3 is 0 Å². The van der Waals surface area contributed by atoms with E-state index in [2.05, 4.69) is 5.16 Å². The van der Waals surface area contributed by atoms with Crippen molar-refractivity contribution in [1.82, 2.24) is 5.16 Å². The fourth-order valence-electron chi connectivity index (χ4n) is 2.35. The zero-order chi connectivity index (χ0) is 8.89. The first-order valence-electron chi connectivity index (χ1n) is 4.90. The first kappa shape index (κ1) is 7.56. The first-order chi connectivity index (χ1) is 6.33. The summed E-state index contributed by atoms with van der Waals surface area (Å²) in [5, 5.41) is 12.9. The average molecular weight is 179 g/mol. The summed E-state index contributed by atoms with van der Waals surface area (Å²) >= 11 is 0. The van der Waals surface area contributed by atoms with Crippen LogP contribution in [0.4, 0.5) is 0 Å². The molecule has 1 aromatic heterocycles. The van der Waals surface area contributed by atoms with Crippen molar-refractivity contribution < 1.29 is 9.63 Å². The van der Waals surface area contributed by atoms with Crippen molar-refractivity contribution in [3.05, 3.63) is 17.0 Å². The molecule has 1 N–H and O–H groups in total. The summed E-state index contributed by atoms with van der Waals surface area (Å²) in [6.07, 6.45) is 6.05. The highest BCUT2D eigenvalue weighted by Crippen LogP contribution is 2.55. The number of hydrogen-bond donors (Lipinski definition) is 1. The Labute approximate surface area is 76.7 Å². The van der Waals surface area contributed by atoms with Crippen LogP contribution in [0.1, 0.15) is 36.3 Å². The fourth-order valence-corrected chi connectivity index (χ4v) is 2.35. The summed E-state index contributed by atoms with van der Waals surface area (Å²) in [6.45, 7) is 0.0227. The molecular formula is C10H13NO2. The molecule has 2 aliphatic rings. The number of rotatable bonds is 1. The van der Waals surface area contributed by atoms with E-state index in [1.54, 1.807) is 0 Å². The van der Waals surface area contributed by atoms with E-state index in [-0.39, 0.29) is 6.61 Å². The topological polar surface area (TPSA) is 46.3 Å². The summed E-state index contributed by atoms with van der Waals surface area (Å²) in [7, 11) is 0. The summed E-state index contributed by atoms with van der Waals surface area (Å²) in [4.78, 5) is 0. The maximum Gasteiger partial charge on any atom is 0.140 e. The molecule has 1 spiro atoms. The number of nitrogens with zero attached hydrogens (tertiary/aromatic N) is 1. The van der Waals surface area contributed by atoms with Gasteiger partial charge in [0.15, 0.2) is 0 Å². The van der Waals surface area contributed by atoms with Gasteiger partial charge in [-0.2, -0.15) is 0 Å². The predicted molar refractivity (Wildman–Crippen MR) is 46.1 cm³/mol. The van der Waals surface area contributed by atoms with E-state index in [4.69, 9.17) is 9.63 Å². The van der Waals surface area contributed by atoms with Crippen LogP contribution in [0.15, 0.2) is 4.52 Å². The largest absolute Gasteiger partial charge is 0.390 e. The maximum atomic E-state index is 9.05. The highest BCUT2D eigenvalue weighted by atomic mass is 16.5. The van der Waals surface area contributed by atoms with Gasteiger partial charge in [-0.3, -0.25) is 0 Å². The van der Waals surface area contributed by atoms with E-state index in [0.29, 0.717) is 5.41 Å². The summed E-state index contributed by atoms with van der Waals surface area (Å²) in [6, 6.07) is 0. The molecule has 0 atom stereocenters. The Morgan fingerprint density at radius 3 is 2.92 bits per heavy atom. The van der Waals surface area contributed by atoms with Gasteiger partial charge in [0.1, 0.15) is 11.5 Å². The minimum absolute atomic E-state index is 0.0227. The lowest BCUT2D eigenvalue weighted by atomic mass is 9.84. The highest BCUT2D eigenvalue weighted by Gasteiger charge is 2.46. The SMILES string of the molecule is OCc1noc2c1CC1(CC2)CC1. The molecule has 3 heteroatoms. The Morgan fingerprint density at radius 2 is 2.23 bits per heavy atom. The zero-order valence-electron chi connectivity index (χ0n) is 7.55. The van der Waals surface area contributed by atoms with Crippen LogP contribution >= 0.6 is 0 Å². The van der Waals surface area contributed by atoms with E-state index >= 15 is 0 Å². The van der Waals surface area contributed by atoms with Gasteiger partial charge in [0.05, 0.1) is 6.61 Å². The Bertz CT molecular complexity index is 325. The van der Waals surface area contributed by atoms with E-state index in [1.807, 2.05) is 0 Å². The molecule has 3 nitrogen and oxygen atoms in total. The zero-order valence-corrected chi connectivity index (χ0v) is 7.55. The van der Waals surface area contributed by atoms with Gasteiger partial charge in [-0.1, -0.05) is 5.16 Å². The third kappa shape index (κ3) is 1.03. The number of aliphatic hydroxyl groups is 1. The minimum Gasteiger partial charge on any atom is -0.390 e. The second-order valence-corrected chi connectivity index (χ2v) is 4.37. The van der Waals surface area contributed by atoms with Gasteiger partial charge < -0.3 is 9.63 Å². The molecule has 70 valence electrons. The molecule has 0 aromatic carbocycles. The van der Waals surface area contributed by atoms with Crippen LogP contribution in [-0.2, 0) is 19.4 Å². The van der Waals surface area contributed by atoms with Crippen molar-refractivity contribution in [3.8, 4) is 0 Å². The monoisotopic (exact) mass is 179 g/mol. The van der Waals surface area contributed by atoms with Gasteiger partial charge in [0.2, 0.25) is 0 Å². The third-order valence-electron chi connectivity index (χ3n) is 3.49. The van der Waals surface area contributed by atoms with Gasteiger partial charge in [-0.05, 0) is 31.1 Å². The molecule has 0 saturated heterocycles. The molecule has 1 heterocycles. The summed E-state index contributed by atoms with van der Waals surface area (Å²) < 4.78 is 5.19. The number of hydrogen-bond acceptors (Lipinski definition) is 3. The summed E-state index contributed by atoms with van der Waals surface area (Å²) in [5.41, 5.74) is 2.54. The molecular weight excluding hydrogens is 166 g/mol. The fraction of sp³-hybridized carbons (Fsp3) is 0.700. The molecule has 13 heavy (non-hydrogen) atoms. The lowest BCUT2D eigenvalue weighted by molar-refractivity contribution is 0.265. The molecule has 0 bridgehead atoms. The van der Waals surface area contributed by atoms with Gasteiger partial charge in [0.25, 0.3) is 0 Å². The van der Waals surface area contributed by atoms with Crippen LogP contribution in [0, 0.1) is 5.41 Å². The van der Waals surface area contributed by atoms with Crippen LogP contribution in [0.5, 0.6) is 0 Å². The second kappa shape index (κ2) is 2.35. The van der Waals surface area contributed by atoms with Crippen LogP contribution in [0.3, 0.4) is 0 Å². The standard InChI is InChI=1S/C10H13NO2/c12-6-8-7-5-10(3-4-10)2-1-9(7)13-11-8/h12H,1-6H2. The molecule has 0 amide bonds. The van der Waals surface area contributed by atoms with Crippen LogP contribution in [-0.4, -0.2) is 10.3 Å². The van der Waals surface area contributed by atoms with Crippen LogP contribution < -0.4 is 0 Å². The number of aliphatic hydroxyl groups excluding tert-OH is 1. The molecule has 0 unspecified atom stereocenters. The van der Waals surface area contributed by atoms with Crippen molar-refractivity contribution >= 4 is 0 Å². The quantitative estimate of drug-likeness (QED) is 0.709. The van der Waals surface area contributed by atoms with Crippen LogP contribution in [0.25, 0.3) is 0 Å². The normalized spacial score (nSPS) is 23.2.